The highest BCUT2D eigenvalue weighted by molar-refractivity contribution is 8.00. The summed E-state index contributed by atoms with van der Waals surface area (Å²) >= 11 is 3.42. The molecule has 1 N–H and O–H groups in total. The average molecular weight is 452 g/mol. The first kappa shape index (κ1) is 22.1. The van der Waals surface area contributed by atoms with Gasteiger partial charge in [-0.05, 0) is 55.5 Å². The van der Waals surface area contributed by atoms with Gasteiger partial charge in [0.05, 0.1) is 0 Å². The summed E-state index contributed by atoms with van der Waals surface area (Å²) in [4.78, 5) is 19.6. The lowest BCUT2D eigenvalue weighted by Crippen LogP contribution is -2.40. The van der Waals surface area contributed by atoms with Crippen molar-refractivity contribution in [1.82, 2.24) is 15.2 Å². The quantitative estimate of drug-likeness (QED) is 0.467. The summed E-state index contributed by atoms with van der Waals surface area (Å²) in [6, 6.07) is 18.6. The van der Waals surface area contributed by atoms with Gasteiger partial charge in [0, 0.05) is 42.0 Å². The Labute approximate surface area is 193 Å². The van der Waals surface area contributed by atoms with Crippen LogP contribution in [0.15, 0.2) is 64.3 Å². The number of rotatable bonds is 8. The summed E-state index contributed by atoms with van der Waals surface area (Å²) in [7, 11) is 0. The molecule has 1 fully saturated rings. The molecule has 0 saturated carbocycles. The lowest BCUT2D eigenvalue weighted by atomic mass is 9.97. The van der Waals surface area contributed by atoms with Crippen molar-refractivity contribution in [2.45, 2.75) is 36.4 Å². The number of carbonyl (C=O) groups excluding carboxylic acids is 1. The molecule has 0 radical (unpaired) electrons. The van der Waals surface area contributed by atoms with Crippen molar-refractivity contribution in [2.24, 2.45) is 5.92 Å². The molecule has 4 rings (SSSR count). The molecule has 4 nitrogen and oxygen atoms in total. The molecule has 0 spiro atoms. The maximum atomic E-state index is 12.6. The van der Waals surface area contributed by atoms with Crippen LogP contribution in [-0.2, 0) is 12.3 Å². The molecule has 2 heterocycles. The van der Waals surface area contributed by atoms with Gasteiger partial charge in [-0.15, -0.1) is 11.3 Å². The second kappa shape index (κ2) is 10.9. The smallest absolute Gasteiger partial charge is 0.251 e. The van der Waals surface area contributed by atoms with Gasteiger partial charge in [-0.2, -0.15) is 0 Å². The first-order valence-corrected chi connectivity index (χ1v) is 12.7. The number of thioether (sulfide) groups is 1. The summed E-state index contributed by atoms with van der Waals surface area (Å²) in [6.07, 6.45) is 2.37. The van der Waals surface area contributed by atoms with E-state index in [2.05, 4.69) is 50.9 Å². The van der Waals surface area contributed by atoms with Gasteiger partial charge in [0.25, 0.3) is 5.91 Å². The van der Waals surface area contributed by atoms with E-state index in [0.29, 0.717) is 5.92 Å². The van der Waals surface area contributed by atoms with Crippen LogP contribution in [0.1, 0.15) is 40.0 Å². The second-order valence-corrected chi connectivity index (χ2v) is 10.3. The molecule has 1 aliphatic heterocycles. The van der Waals surface area contributed by atoms with Gasteiger partial charge >= 0.3 is 0 Å². The number of piperidine rings is 1. The Kier molecular flexibility index (Phi) is 7.78. The van der Waals surface area contributed by atoms with E-state index in [1.54, 1.807) is 23.1 Å². The standard InChI is InChI=1S/C25H29N3OS2/c1-19-17-30-25(27-19)31-18-21-9-11-23(12-10-21)24(29)26-14-22-8-5-13-28(16-22)15-20-6-3-2-4-7-20/h2-4,6-7,9-12,17,22H,5,8,13-16,18H2,1H3,(H,26,29). The van der Waals surface area contributed by atoms with E-state index >= 15 is 0 Å². The average Bonchev–Trinajstić information content (AvgIpc) is 3.22. The summed E-state index contributed by atoms with van der Waals surface area (Å²) in [5, 5.41) is 5.23. The Morgan fingerprint density at radius 3 is 2.71 bits per heavy atom. The van der Waals surface area contributed by atoms with E-state index < -0.39 is 0 Å². The van der Waals surface area contributed by atoms with Crippen LogP contribution in [0.3, 0.4) is 0 Å². The maximum absolute atomic E-state index is 12.6. The number of aryl methyl sites for hydroxylation is 1. The zero-order valence-electron chi connectivity index (χ0n) is 17.9. The van der Waals surface area contributed by atoms with Crippen LogP contribution < -0.4 is 5.32 Å². The van der Waals surface area contributed by atoms with Crippen LogP contribution in [-0.4, -0.2) is 35.4 Å². The van der Waals surface area contributed by atoms with Crippen LogP contribution in [0, 0.1) is 12.8 Å². The molecular weight excluding hydrogens is 422 g/mol. The Morgan fingerprint density at radius 1 is 1.16 bits per heavy atom. The molecule has 1 unspecified atom stereocenters. The highest BCUT2D eigenvalue weighted by atomic mass is 32.2. The van der Waals surface area contributed by atoms with Crippen molar-refractivity contribution in [3.8, 4) is 0 Å². The molecule has 3 aromatic rings. The zero-order chi connectivity index (χ0) is 21.5. The number of amides is 1. The van der Waals surface area contributed by atoms with Gasteiger partial charge in [-0.25, -0.2) is 4.98 Å². The number of aromatic nitrogens is 1. The van der Waals surface area contributed by atoms with Crippen molar-refractivity contribution in [1.29, 1.82) is 0 Å². The Balaban J connectivity index is 1.22. The van der Waals surface area contributed by atoms with Crippen molar-refractivity contribution < 1.29 is 4.79 Å². The number of nitrogens with zero attached hydrogens (tertiary/aromatic N) is 2. The predicted molar refractivity (Wildman–Crippen MR) is 130 cm³/mol. The van der Waals surface area contributed by atoms with Gasteiger partial charge < -0.3 is 5.32 Å². The number of nitrogens with one attached hydrogen (secondary N) is 1. The molecule has 162 valence electrons. The monoisotopic (exact) mass is 451 g/mol. The highest BCUT2D eigenvalue weighted by Gasteiger charge is 2.20. The largest absolute Gasteiger partial charge is 0.352 e. The fraction of sp³-hybridized carbons (Fsp3) is 0.360. The molecule has 1 amide bonds. The summed E-state index contributed by atoms with van der Waals surface area (Å²) in [5.41, 5.74) is 4.37. The molecule has 0 bridgehead atoms. The first-order chi connectivity index (χ1) is 15.2. The molecular formula is C25H29N3OS2. The first-order valence-electron chi connectivity index (χ1n) is 10.8. The second-order valence-electron chi connectivity index (χ2n) is 8.18. The minimum absolute atomic E-state index is 0.0231. The van der Waals surface area contributed by atoms with Gasteiger partial charge in [0.15, 0.2) is 0 Å². The third-order valence-corrected chi connectivity index (χ3v) is 7.79. The van der Waals surface area contributed by atoms with E-state index in [1.807, 2.05) is 31.2 Å². The van der Waals surface area contributed by atoms with E-state index in [4.69, 9.17) is 0 Å². The summed E-state index contributed by atoms with van der Waals surface area (Å²) in [5.74, 6) is 1.41. The summed E-state index contributed by atoms with van der Waals surface area (Å²) < 4.78 is 1.09. The summed E-state index contributed by atoms with van der Waals surface area (Å²) in [6.45, 7) is 5.93. The van der Waals surface area contributed by atoms with E-state index in [9.17, 15) is 4.79 Å². The number of hydrogen-bond acceptors (Lipinski definition) is 5. The number of thiazole rings is 1. The minimum Gasteiger partial charge on any atom is -0.352 e. The number of benzene rings is 2. The third kappa shape index (κ3) is 6.66. The number of likely N-dealkylation sites (tertiary alicyclic amines) is 1. The molecule has 0 aliphatic carbocycles. The Morgan fingerprint density at radius 2 is 1.97 bits per heavy atom. The lowest BCUT2D eigenvalue weighted by molar-refractivity contribution is 0.0930. The fourth-order valence-corrected chi connectivity index (χ4v) is 5.74. The molecule has 1 saturated heterocycles. The van der Waals surface area contributed by atoms with E-state index in [0.717, 1.165) is 47.5 Å². The van der Waals surface area contributed by atoms with E-state index in [-0.39, 0.29) is 5.91 Å². The van der Waals surface area contributed by atoms with Gasteiger partial charge in [-0.3, -0.25) is 9.69 Å². The van der Waals surface area contributed by atoms with Crippen molar-refractivity contribution >= 4 is 29.0 Å². The number of carbonyl (C=O) groups is 1. The minimum atomic E-state index is 0.0231. The van der Waals surface area contributed by atoms with Crippen LogP contribution in [0.5, 0.6) is 0 Å². The van der Waals surface area contributed by atoms with Crippen LogP contribution in [0.2, 0.25) is 0 Å². The fourth-order valence-electron chi connectivity index (χ4n) is 3.94. The SMILES string of the molecule is Cc1csc(SCc2ccc(C(=O)NCC3CCCN(Cc4ccccc4)C3)cc2)n1. The van der Waals surface area contributed by atoms with Crippen molar-refractivity contribution in [3.63, 3.8) is 0 Å². The van der Waals surface area contributed by atoms with Gasteiger partial charge in [0.2, 0.25) is 0 Å². The molecule has 31 heavy (non-hydrogen) atoms. The van der Waals surface area contributed by atoms with Crippen molar-refractivity contribution in [3.05, 3.63) is 82.4 Å². The maximum Gasteiger partial charge on any atom is 0.251 e. The number of hydrogen-bond donors (Lipinski definition) is 1. The predicted octanol–water partition coefficient (Wildman–Crippen LogP) is 5.39. The topological polar surface area (TPSA) is 45.2 Å². The molecule has 1 aromatic heterocycles. The third-order valence-electron chi connectivity index (χ3n) is 5.58. The van der Waals surface area contributed by atoms with Crippen LogP contribution in [0.4, 0.5) is 0 Å². The molecule has 1 aliphatic rings. The van der Waals surface area contributed by atoms with E-state index in [1.165, 1.54) is 24.0 Å². The molecule has 2 aromatic carbocycles. The molecule has 1 atom stereocenters. The van der Waals surface area contributed by atoms with Crippen LogP contribution >= 0.6 is 23.1 Å². The highest BCUT2D eigenvalue weighted by Crippen LogP contribution is 2.26. The zero-order valence-corrected chi connectivity index (χ0v) is 19.6. The Bertz CT molecular complexity index is 972. The van der Waals surface area contributed by atoms with Crippen molar-refractivity contribution in [2.75, 3.05) is 19.6 Å². The van der Waals surface area contributed by atoms with Crippen LogP contribution in [0.25, 0.3) is 0 Å². The molecule has 6 heteroatoms. The normalized spacial score (nSPS) is 16.9. The van der Waals surface area contributed by atoms with Gasteiger partial charge in [0.1, 0.15) is 4.34 Å². The Hall–Kier alpha value is -2.15. The lowest BCUT2D eigenvalue weighted by Gasteiger charge is -2.32. The van der Waals surface area contributed by atoms with Gasteiger partial charge in [-0.1, -0.05) is 54.2 Å².